The number of nitro benzene ring substituents is 1. The van der Waals surface area contributed by atoms with E-state index >= 15 is 0 Å². The number of hydrogen-bond donors (Lipinski definition) is 1. The Hall–Kier alpha value is -2.27. The fraction of sp³-hybridized carbons (Fsp3) is 0.200. The molecular weight excluding hydrogens is 259 g/mol. The van der Waals surface area contributed by atoms with Crippen molar-refractivity contribution in [3.63, 3.8) is 0 Å². The Morgan fingerprint density at radius 2 is 1.85 bits per heavy atom. The van der Waals surface area contributed by atoms with Crippen molar-refractivity contribution in [2.75, 3.05) is 0 Å². The first-order valence-electron chi connectivity index (χ1n) is 6.28. The van der Waals surface area contributed by atoms with Crippen LogP contribution in [0.4, 0.5) is 10.1 Å². The van der Waals surface area contributed by atoms with Gasteiger partial charge in [0.1, 0.15) is 5.82 Å². The van der Waals surface area contributed by atoms with E-state index in [0.717, 1.165) is 11.6 Å². The first kappa shape index (κ1) is 14.1. The van der Waals surface area contributed by atoms with Gasteiger partial charge < -0.3 is 5.73 Å². The fourth-order valence-corrected chi connectivity index (χ4v) is 2.17. The van der Waals surface area contributed by atoms with Crippen LogP contribution in [0.15, 0.2) is 48.5 Å². The second-order valence-corrected chi connectivity index (χ2v) is 4.68. The molecule has 0 saturated carbocycles. The molecule has 0 aliphatic heterocycles. The first-order chi connectivity index (χ1) is 9.56. The maximum atomic E-state index is 13.2. The number of halogens is 1. The Morgan fingerprint density at radius 1 is 1.15 bits per heavy atom. The van der Waals surface area contributed by atoms with Crippen molar-refractivity contribution in [1.82, 2.24) is 0 Å². The lowest BCUT2D eigenvalue weighted by atomic mass is 9.98. The molecule has 0 aromatic heterocycles. The van der Waals surface area contributed by atoms with Crippen LogP contribution in [0.3, 0.4) is 0 Å². The van der Waals surface area contributed by atoms with E-state index < -0.39 is 10.7 Å². The second-order valence-electron chi connectivity index (χ2n) is 4.68. The van der Waals surface area contributed by atoms with Gasteiger partial charge >= 0.3 is 0 Å². The van der Waals surface area contributed by atoms with Gasteiger partial charge in [-0.05, 0) is 30.5 Å². The van der Waals surface area contributed by atoms with E-state index in [9.17, 15) is 14.5 Å². The van der Waals surface area contributed by atoms with Crippen molar-refractivity contribution in [2.45, 2.75) is 18.9 Å². The summed E-state index contributed by atoms with van der Waals surface area (Å²) < 4.78 is 13.2. The minimum atomic E-state index is -0.510. The Labute approximate surface area is 116 Å². The molecular formula is C15H15FN2O2. The number of benzene rings is 2. The van der Waals surface area contributed by atoms with Gasteiger partial charge in [0.2, 0.25) is 0 Å². The molecule has 0 amide bonds. The average Bonchev–Trinajstić information content (AvgIpc) is 2.39. The number of nitro groups is 1. The van der Waals surface area contributed by atoms with Crippen molar-refractivity contribution in [3.8, 4) is 0 Å². The van der Waals surface area contributed by atoms with E-state index in [1.54, 1.807) is 0 Å². The standard InChI is InChI=1S/C15H15FN2O2/c16-13-6-7-15(18(19)20)12(9-13)10-14(17)8-11-4-2-1-3-5-11/h1-7,9,14H,8,10,17H2. The van der Waals surface area contributed by atoms with Crippen molar-refractivity contribution < 1.29 is 9.31 Å². The van der Waals surface area contributed by atoms with Crippen LogP contribution in [0.5, 0.6) is 0 Å². The lowest BCUT2D eigenvalue weighted by Crippen LogP contribution is -2.26. The zero-order valence-electron chi connectivity index (χ0n) is 10.8. The van der Waals surface area contributed by atoms with Crippen LogP contribution in [0.2, 0.25) is 0 Å². The molecule has 0 saturated heterocycles. The van der Waals surface area contributed by atoms with Gasteiger partial charge in [-0.25, -0.2) is 4.39 Å². The summed E-state index contributed by atoms with van der Waals surface area (Å²) in [6.07, 6.45) is 0.859. The molecule has 104 valence electrons. The lowest BCUT2D eigenvalue weighted by Gasteiger charge is -2.12. The maximum absolute atomic E-state index is 13.2. The number of nitrogens with two attached hydrogens (primary N) is 1. The molecule has 0 radical (unpaired) electrons. The highest BCUT2D eigenvalue weighted by molar-refractivity contribution is 5.41. The third-order valence-corrected chi connectivity index (χ3v) is 3.06. The summed E-state index contributed by atoms with van der Waals surface area (Å²) in [7, 11) is 0. The van der Waals surface area contributed by atoms with Crippen LogP contribution < -0.4 is 5.73 Å². The molecule has 2 rings (SSSR count). The van der Waals surface area contributed by atoms with E-state index in [0.29, 0.717) is 12.0 Å². The van der Waals surface area contributed by atoms with Crippen LogP contribution >= 0.6 is 0 Å². The monoisotopic (exact) mass is 274 g/mol. The predicted molar refractivity (Wildman–Crippen MR) is 74.9 cm³/mol. The van der Waals surface area contributed by atoms with Gasteiger partial charge in [0.25, 0.3) is 5.69 Å². The predicted octanol–water partition coefficient (Wildman–Crippen LogP) is 2.85. The molecule has 2 aromatic carbocycles. The lowest BCUT2D eigenvalue weighted by molar-refractivity contribution is -0.385. The van der Waals surface area contributed by atoms with Crippen molar-refractivity contribution in [2.24, 2.45) is 5.73 Å². The second kappa shape index (κ2) is 6.25. The molecule has 2 N–H and O–H groups in total. The number of hydrogen-bond acceptors (Lipinski definition) is 3. The highest BCUT2D eigenvalue weighted by atomic mass is 19.1. The van der Waals surface area contributed by atoms with E-state index in [1.165, 1.54) is 12.1 Å². The van der Waals surface area contributed by atoms with Crippen LogP contribution in [0.1, 0.15) is 11.1 Å². The minimum absolute atomic E-state index is 0.0880. The van der Waals surface area contributed by atoms with Gasteiger partial charge in [0.05, 0.1) is 4.92 Å². The minimum Gasteiger partial charge on any atom is -0.327 e. The molecule has 4 nitrogen and oxygen atoms in total. The summed E-state index contributed by atoms with van der Waals surface area (Å²) in [5.41, 5.74) is 7.31. The summed E-state index contributed by atoms with van der Waals surface area (Å²) in [5.74, 6) is -0.488. The SMILES string of the molecule is NC(Cc1ccccc1)Cc1cc(F)ccc1[N+](=O)[O-]. The molecule has 0 fully saturated rings. The molecule has 0 spiro atoms. The zero-order valence-corrected chi connectivity index (χ0v) is 10.8. The quantitative estimate of drug-likeness (QED) is 0.673. The Bertz CT molecular complexity index is 602. The summed E-state index contributed by atoms with van der Waals surface area (Å²) in [4.78, 5) is 10.4. The Kier molecular flexibility index (Phi) is 4.42. The number of nitrogens with zero attached hydrogens (tertiary/aromatic N) is 1. The molecule has 0 aliphatic carbocycles. The molecule has 20 heavy (non-hydrogen) atoms. The van der Waals surface area contributed by atoms with Crippen LogP contribution in [-0.2, 0) is 12.8 Å². The highest BCUT2D eigenvalue weighted by Crippen LogP contribution is 2.21. The summed E-state index contributed by atoms with van der Waals surface area (Å²) in [5, 5.41) is 10.9. The van der Waals surface area contributed by atoms with E-state index in [1.807, 2.05) is 30.3 Å². The van der Waals surface area contributed by atoms with Crippen LogP contribution in [-0.4, -0.2) is 11.0 Å². The molecule has 0 bridgehead atoms. The third-order valence-electron chi connectivity index (χ3n) is 3.06. The molecule has 1 unspecified atom stereocenters. The normalized spacial score (nSPS) is 12.1. The summed E-state index contributed by atoms with van der Waals surface area (Å²) in [6.45, 7) is 0. The van der Waals surface area contributed by atoms with E-state index in [-0.39, 0.29) is 18.2 Å². The molecule has 1 atom stereocenters. The van der Waals surface area contributed by atoms with Gasteiger partial charge in [0.15, 0.2) is 0 Å². The highest BCUT2D eigenvalue weighted by Gasteiger charge is 2.17. The van der Waals surface area contributed by atoms with Crippen LogP contribution in [0.25, 0.3) is 0 Å². The van der Waals surface area contributed by atoms with E-state index in [2.05, 4.69) is 0 Å². The van der Waals surface area contributed by atoms with Gasteiger partial charge in [-0.2, -0.15) is 0 Å². The summed E-state index contributed by atoms with van der Waals surface area (Å²) >= 11 is 0. The largest absolute Gasteiger partial charge is 0.327 e. The van der Waals surface area contributed by atoms with Crippen molar-refractivity contribution in [3.05, 3.63) is 75.6 Å². The van der Waals surface area contributed by atoms with Gasteiger partial charge in [-0.3, -0.25) is 10.1 Å². The number of rotatable bonds is 5. The molecule has 0 heterocycles. The van der Waals surface area contributed by atoms with Crippen molar-refractivity contribution >= 4 is 5.69 Å². The summed E-state index contributed by atoms with van der Waals surface area (Å²) in [6, 6.07) is 12.8. The van der Waals surface area contributed by atoms with Crippen LogP contribution in [0, 0.1) is 15.9 Å². The first-order valence-corrected chi connectivity index (χ1v) is 6.28. The van der Waals surface area contributed by atoms with Gasteiger partial charge in [-0.15, -0.1) is 0 Å². The molecule has 5 heteroatoms. The average molecular weight is 274 g/mol. The van der Waals surface area contributed by atoms with Gasteiger partial charge in [-0.1, -0.05) is 30.3 Å². The topological polar surface area (TPSA) is 69.2 Å². The Morgan fingerprint density at radius 3 is 2.50 bits per heavy atom. The molecule has 2 aromatic rings. The third kappa shape index (κ3) is 3.61. The maximum Gasteiger partial charge on any atom is 0.272 e. The van der Waals surface area contributed by atoms with Crippen molar-refractivity contribution in [1.29, 1.82) is 0 Å². The van der Waals surface area contributed by atoms with E-state index in [4.69, 9.17) is 5.73 Å². The Balaban J connectivity index is 2.13. The zero-order chi connectivity index (χ0) is 14.5. The smallest absolute Gasteiger partial charge is 0.272 e. The molecule has 0 aliphatic rings. The van der Waals surface area contributed by atoms with Gasteiger partial charge in [0, 0.05) is 17.7 Å². The fourth-order valence-electron chi connectivity index (χ4n) is 2.17.